The summed E-state index contributed by atoms with van der Waals surface area (Å²) in [5, 5.41) is 7.68. The van der Waals surface area contributed by atoms with Gasteiger partial charge in [-0.1, -0.05) is 121 Å². The van der Waals surface area contributed by atoms with E-state index in [1.54, 1.807) is 142 Å². The van der Waals surface area contributed by atoms with Crippen LogP contribution in [0.15, 0.2) is 158 Å². The molecule has 524 valence electrons. The quantitative estimate of drug-likeness (QED) is 0.0500. The van der Waals surface area contributed by atoms with Gasteiger partial charge in [-0.2, -0.15) is 52.7 Å². The van der Waals surface area contributed by atoms with E-state index in [0.29, 0.717) is 46.5 Å². The van der Waals surface area contributed by atoms with E-state index in [0.717, 1.165) is 0 Å². The van der Waals surface area contributed by atoms with Crippen molar-refractivity contribution < 1.29 is 100 Å². The van der Waals surface area contributed by atoms with Crippen molar-refractivity contribution in [3.05, 3.63) is 213 Å². The Bertz CT molecular complexity index is 3610. The molecule has 8 rings (SSSR count). The van der Waals surface area contributed by atoms with Crippen molar-refractivity contribution in [1.29, 1.82) is 0 Å². The predicted molar refractivity (Wildman–Crippen MR) is 330 cm³/mol. The summed E-state index contributed by atoms with van der Waals surface area (Å²) in [6.07, 6.45) is -25.6. The molecule has 0 radical (unpaired) electrons. The monoisotopic (exact) mass is 1370 g/mol. The van der Waals surface area contributed by atoms with Crippen LogP contribution in [0.1, 0.15) is 128 Å². The van der Waals surface area contributed by atoms with Crippen molar-refractivity contribution >= 4 is 30.1 Å². The van der Waals surface area contributed by atoms with Crippen LogP contribution in [0.25, 0.3) is 0 Å². The van der Waals surface area contributed by atoms with E-state index in [1.165, 1.54) is 37.7 Å². The number of likely N-dealkylation sites (tertiary alicyclic amines) is 2. The number of piperidine rings is 2. The minimum absolute atomic E-state index is 0.0311. The van der Waals surface area contributed by atoms with Gasteiger partial charge in [0.2, 0.25) is 11.8 Å². The summed E-state index contributed by atoms with van der Waals surface area (Å²) in [5.74, 6) is -1.18. The van der Waals surface area contributed by atoms with Crippen molar-refractivity contribution in [2.45, 2.75) is 138 Å². The van der Waals surface area contributed by atoms with Gasteiger partial charge in [0, 0.05) is 14.1 Å². The molecule has 0 aliphatic carbocycles. The first kappa shape index (κ1) is 75.5. The molecule has 2 aliphatic rings. The summed E-state index contributed by atoms with van der Waals surface area (Å²) in [6.45, 7) is 5.63. The summed E-state index contributed by atoms with van der Waals surface area (Å²) in [5.41, 5.74) is -4.92. The summed E-state index contributed by atoms with van der Waals surface area (Å²) in [7, 11) is 2.76. The lowest BCUT2D eigenvalue weighted by atomic mass is 9.74. The molecule has 97 heavy (non-hydrogen) atoms. The van der Waals surface area contributed by atoms with Gasteiger partial charge in [-0.25, -0.2) is 14.4 Å². The third-order valence-electron chi connectivity index (χ3n) is 16.7. The molecule has 6 aromatic carbocycles. The van der Waals surface area contributed by atoms with Gasteiger partial charge in [0.1, 0.15) is 29.9 Å². The molecule has 28 heteroatoms. The average Bonchev–Trinajstić information content (AvgIpc) is 0.746. The van der Waals surface area contributed by atoms with Crippen LogP contribution in [0.5, 0.6) is 0 Å². The lowest BCUT2D eigenvalue weighted by Gasteiger charge is -2.52. The molecule has 16 nitrogen and oxygen atoms in total. The number of alkyl carbamates (subject to hydrolysis) is 1. The number of hydrogen-bond acceptors (Lipinski definition) is 11. The number of nitrogens with two attached hydrogens (primary N) is 1. The van der Waals surface area contributed by atoms with Crippen molar-refractivity contribution in [3.8, 4) is 0 Å². The first-order valence-electron chi connectivity index (χ1n) is 30.4. The van der Waals surface area contributed by atoms with Crippen molar-refractivity contribution in [1.82, 2.24) is 25.8 Å². The van der Waals surface area contributed by atoms with Crippen LogP contribution in [0.4, 0.5) is 67.1 Å². The highest BCUT2D eigenvalue weighted by Crippen LogP contribution is 2.47. The summed E-state index contributed by atoms with van der Waals surface area (Å²) in [6, 6.07) is 37.0. The minimum Gasteiger partial charge on any atom is -0.445 e. The van der Waals surface area contributed by atoms with Crippen molar-refractivity contribution in [2.24, 2.45) is 5.73 Å². The van der Waals surface area contributed by atoms with Crippen LogP contribution in [0.2, 0.25) is 0 Å². The van der Waals surface area contributed by atoms with Gasteiger partial charge in [0.05, 0.1) is 71.8 Å². The van der Waals surface area contributed by atoms with E-state index in [2.05, 4.69) is 16.0 Å². The number of ether oxygens (including phenoxy) is 5. The number of halogens is 12. The Morgan fingerprint density at radius 2 is 0.825 bits per heavy atom. The highest BCUT2D eigenvalue weighted by Gasteiger charge is 2.57. The van der Waals surface area contributed by atoms with Crippen LogP contribution in [0, 0.1) is 0 Å². The summed E-state index contributed by atoms with van der Waals surface area (Å²) in [4.78, 5) is 70.0. The van der Waals surface area contributed by atoms with E-state index in [-0.39, 0.29) is 69.7 Å². The van der Waals surface area contributed by atoms with Gasteiger partial charge in [0.25, 0.3) is 0 Å². The second kappa shape index (κ2) is 30.3. The van der Waals surface area contributed by atoms with Crippen LogP contribution in [-0.4, -0.2) is 97.0 Å². The third-order valence-corrected chi connectivity index (χ3v) is 16.7. The fourth-order valence-electron chi connectivity index (χ4n) is 11.4. The summed E-state index contributed by atoms with van der Waals surface area (Å²) >= 11 is 0. The molecule has 2 unspecified atom stereocenters. The maximum Gasteiger partial charge on any atom is 0.416 e. The molecule has 5 amide bonds. The zero-order chi connectivity index (χ0) is 71.6. The zero-order valence-electron chi connectivity index (χ0n) is 53.8. The molecule has 0 spiro atoms. The first-order valence-corrected chi connectivity index (χ1v) is 30.4. The molecule has 2 aliphatic heterocycles. The van der Waals surface area contributed by atoms with Crippen LogP contribution < -0.4 is 21.7 Å². The molecule has 5 N–H and O–H groups in total. The smallest absolute Gasteiger partial charge is 0.416 e. The molecule has 0 bridgehead atoms. The molecule has 2 fully saturated rings. The number of alkyl halides is 12. The highest BCUT2D eigenvalue weighted by molar-refractivity contribution is 5.91. The topological polar surface area (TPSA) is 200 Å². The third kappa shape index (κ3) is 18.8. The minimum atomic E-state index is -5.08. The molecule has 0 aromatic heterocycles. The fraction of sp³-hybridized carbons (Fsp3) is 0.406. The van der Waals surface area contributed by atoms with Crippen molar-refractivity contribution in [3.63, 3.8) is 0 Å². The van der Waals surface area contributed by atoms with Crippen molar-refractivity contribution in [2.75, 3.05) is 40.4 Å². The largest absolute Gasteiger partial charge is 0.445 e. The van der Waals surface area contributed by atoms with Gasteiger partial charge < -0.3 is 45.4 Å². The van der Waals surface area contributed by atoms with Gasteiger partial charge in [-0.3, -0.25) is 19.4 Å². The number of amides is 5. The Morgan fingerprint density at radius 3 is 1.16 bits per heavy atom. The van der Waals surface area contributed by atoms with E-state index in [9.17, 15) is 76.7 Å². The van der Waals surface area contributed by atoms with Gasteiger partial charge in [-0.15, -0.1) is 0 Å². The maximum atomic E-state index is 14.2. The van der Waals surface area contributed by atoms with Crippen LogP contribution in [0.3, 0.4) is 0 Å². The second-order valence-electron chi connectivity index (χ2n) is 24.7. The number of nitrogens with one attached hydrogen (secondary N) is 3. The Balaban J connectivity index is 0.000000276. The molecule has 2 heterocycles. The Hall–Kier alpha value is -8.89. The summed E-state index contributed by atoms with van der Waals surface area (Å²) < 4.78 is 192. The number of rotatable bonds is 17. The molecule has 2 saturated heterocycles. The molecule has 6 atom stereocenters. The van der Waals surface area contributed by atoms with Gasteiger partial charge in [0.15, 0.2) is 0 Å². The van der Waals surface area contributed by atoms with Gasteiger partial charge in [-0.05, 0) is 130 Å². The van der Waals surface area contributed by atoms with E-state index < -0.39 is 136 Å². The fourth-order valence-corrected chi connectivity index (χ4v) is 11.4. The molecule has 0 saturated carbocycles. The Morgan fingerprint density at radius 1 is 0.485 bits per heavy atom. The second-order valence-corrected chi connectivity index (χ2v) is 24.7. The van der Waals surface area contributed by atoms with Gasteiger partial charge >= 0.3 is 43.0 Å². The lowest BCUT2D eigenvalue weighted by molar-refractivity contribution is -0.145. The Kier molecular flexibility index (Phi) is 23.5. The Labute approximate surface area is 552 Å². The molecular formula is C69H74F12N6O10. The predicted octanol–water partition coefficient (Wildman–Crippen LogP) is 14.7. The lowest BCUT2D eigenvalue weighted by Crippen LogP contribution is -2.71. The normalized spacial score (nSPS) is 20.6. The zero-order valence-corrected chi connectivity index (χ0v) is 53.8. The number of carbonyl (C=O) groups excluding carboxylic acids is 5. The van der Waals surface area contributed by atoms with E-state index >= 15 is 0 Å². The number of benzene rings is 6. The van der Waals surface area contributed by atoms with Crippen LogP contribution >= 0.6 is 0 Å². The number of nitrogens with zero attached hydrogens (tertiary/aromatic N) is 2. The molecule has 6 aromatic rings. The standard InChI is InChI=1S/C37H41F6N3O6.C32H33F6N3O4/c1-24(26-18-28(36(38,39)40)20-29(19-26)37(41,42)43)51-23-35(27-14-10-7-11-15-27)17-16-34(30(47)44-5,45-31(48)52-33(2,3)4)22-46(35)32(49)50-21-25-12-8-6-9-13-25;1-21(23-15-25(31(33,34)35)17-26(16-23)32(36,37)38)45-20-30(24-11-7-4-8-12-24)14-13-29(39,27(42)40-2)19-41(30)28(43)44-18-22-9-5-3-6-10-22/h6-15,18-20,24H,16-17,21-23H2,1-5H3,(H,44,47)(H,45,48);3-12,15-17,21H,13-14,18-20,39H2,1-2H3,(H,40,42)/t24-,34?,35-;21-,29?,30-/m11/s1. The number of likely N-dealkylation sites (N-methyl/N-ethyl adjacent to an activating group) is 2. The number of carbonyl (C=O) groups is 5. The number of hydrogen-bond donors (Lipinski definition) is 4. The highest BCUT2D eigenvalue weighted by atomic mass is 19.4. The molecular weight excluding hydrogens is 1300 g/mol. The average molecular weight is 1380 g/mol. The van der Waals surface area contributed by atoms with E-state index in [1.807, 2.05) is 0 Å². The van der Waals surface area contributed by atoms with E-state index in [4.69, 9.17) is 29.4 Å². The van der Waals surface area contributed by atoms with Crippen LogP contribution in [-0.2, 0) is 82.3 Å². The first-order chi connectivity index (χ1) is 45.3. The SMILES string of the molecule is CNC(=O)C1(N)CC[C@@](CO[C@H](C)c2cc(C(F)(F)F)cc(C(F)(F)F)c2)(c2ccccc2)N(C(=O)OCc2ccccc2)C1.CNC(=O)C1(NC(=O)OC(C)(C)C)CC[C@@](CO[C@H](C)c2cc(C(F)(F)F)cc(C(F)(F)F)c2)(c2ccccc2)N(C(=O)OCc2ccccc2)C1. The maximum absolute atomic E-state index is 14.2.